The van der Waals surface area contributed by atoms with Crippen LogP contribution in [0.2, 0.25) is 0 Å². The molecule has 0 saturated carbocycles. The minimum absolute atomic E-state index is 0.00117. The number of hydrogen-bond donors (Lipinski definition) is 2. The molecule has 1 atom stereocenters. The molecule has 0 bridgehead atoms. The van der Waals surface area contributed by atoms with Crippen LogP contribution in [-0.4, -0.2) is 85.2 Å². The van der Waals surface area contributed by atoms with Crippen LogP contribution < -0.4 is 10.6 Å². The number of halogens is 3. The van der Waals surface area contributed by atoms with Crippen LogP contribution in [0.25, 0.3) is 0 Å². The third-order valence-corrected chi connectivity index (χ3v) is 6.09. The van der Waals surface area contributed by atoms with E-state index in [0.717, 1.165) is 6.07 Å². The lowest BCUT2D eigenvalue weighted by molar-refractivity contribution is -0.141. The van der Waals surface area contributed by atoms with Crippen molar-refractivity contribution in [3.63, 3.8) is 0 Å². The first-order valence-corrected chi connectivity index (χ1v) is 11.8. The molecule has 198 valence electrons. The highest BCUT2D eigenvalue weighted by molar-refractivity contribution is 5.95. The maximum absolute atomic E-state index is 13.8. The number of carbonyl (C=O) groups is 3. The molecule has 0 aliphatic carbocycles. The van der Waals surface area contributed by atoms with E-state index in [0.29, 0.717) is 26.2 Å². The van der Waals surface area contributed by atoms with Gasteiger partial charge in [-0.25, -0.2) is 14.4 Å². The molecule has 9 nitrogen and oxygen atoms in total. The number of amides is 4. The smallest absolute Gasteiger partial charge is 0.416 e. The lowest BCUT2D eigenvalue weighted by Gasteiger charge is -2.40. The number of benzene rings is 1. The van der Waals surface area contributed by atoms with Gasteiger partial charge in [0, 0.05) is 51.5 Å². The van der Waals surface area contributed by atoms with Crippen LogP contribution in [0.1, 0.15) is 37.9 Å². The summed E-state index contributed by atoms with van der Waals surface area (Å²) in [6.07, 6.45) is -4.68. The fourth-order valence-electron chi connectivity index (χ4n) is 4.30. The number of nitrogens with one attached hydrogen (secondary N) is 2. The van der Waals surface area contributed by atoms with Crippen molar-refractivity contribution < 1.29 is 32.3 Å². The van der Waals surface area contributed by atoms with E-state index < -0.39 is 29.8 Å². The van der Waals surface area contributed by atoms with Gasteiger partial charge in [-0.2, -0.15) is 13.2 Å². The second-order valence-corrected chi connectivity index (χ2v) is 8.97. The summed E-state index contributed by atoms with van der Waals surface area (Å²) in [7, 11) is 1.46. The number of piperazine rings is 1. The van der Waals surface area contributed by atoms with E-state index in [1.54, 1.807) is 11.8 Å². The molecule has 0 unspecified atom stereocenters. The molecular weight excluding hydrogens is 479 g/mol. The molecule has 1 aromatic rings. The first-order chi connectivity index (χ1) is 16.9. The van der Waals surface area contributed by atoms with Crippen molar-refractivity contribution in [3.05, 3.63) is 46.7 Å². The van der Waals surface area contributed by atoms with E-state index in [-0.39, 0.29) is 42.1 Å². The molecule has 0 radical (unpaired) electrons. The van der Waals surface area contributed by atoms with Crippen LogP contribution in [0.4, 0.5) is 22.8 Å². The minimum atomic E-state index is -4.68. The average Bonchev–Trinajstić information content (AvgIpc) is 2.81. The normalized spacial score (nSPS) is 19.4. The summed E-state index contributed by atoms with van der Waals surface area (Å²) in [6.45, 7) is 7.27. The van der Waals surface area contributed by atoms with Crippen molar-refractivity contribution in [2.75, 3.05) is 46.4 Å². The number of hydrogen-bond acceptors (Lipinski definition) is 5. The van der Waals surface area contributed by atoms with E-state index in [1.165, 1.54) is 30.1 Å². The van der Waals surface area contributed by atoms with Gasteiger partial charge in [0.25, 0.3) is 0 Å². The van der Waals surface area contributed by atoms with Gasteiger partial charge in [-0.1, -0.05) is 18.2 Å². The molecule has 1 fully saturated rings. The molecule has 0 spiro atoms. The van der Waals surface area contributed by atoms with Crippen molar-refractivity contribution in [2.45, 2.75) is 39.0 Å². The zero-order valence-electron chi connectivity index (χ0n) is 20.8. The van der Waals surface area contributed by atoms with E-state index in [9.17, 15) is 27.6 Å². The monoisotopic (exact) mass is 511 g/mol. The number of urea groups is 2. The third-order valence-electron chi connectivity index (χ3n) is 6.09. The summed E-state index contributed by atoms with van der Waals surface area (Å²) in [5.41, 5.74) is -0.956. The molecule has 2 aliphatic rings. The number of likely N-dealkylation sites (N-methyl/N-ethyl adjacent to an activating group) is 1. The molecular formula is C24H32F3N5O4. The SMILES string of the molecule is CCOC(=O)C1=C(CN2CCN(C(=O)NC(C)C)CC2)N(C)C(=O)N[C@H]1c1ccccc1C(F)(F)F. The minimum Gasteiger partial charge on any atom is -0.463 e. The number of ether oxygens (including phenoxy) is 1. The van der Waals surface area contributed by atoms with Crippen LogP contribution >= 0.6 is 0 Å². The molecule has 2 N–H and O–H groups in total. The lowest BCUT2D eigenvalue weighted by atomic mass is 9.90. The summed E-state index contributed by atoms with van der Waals surface area (Å²) < 4.78 is 46.6. The molecule has 3 rings (SSSR count). The van der Waals surface area contributed by atoms with Crippen molar-refractivity contribution in [3.8, 4) is 0 Å². The van der Waals surface area contributed by atoms with Gasteiger partial charge in [0.1, 0.15) is 0 Å². The highest BCUT2D eigenvalue weighted by Crippen LogP contribution is 2.39. The summed E-state index contributed by atoms with van der Waals surface area (Å²) >= 11 is 0. The lowest BCUT2D eigenvalue weighted by Crippen LogP contribution is -2.55. The van der Waals surface area contributed by atoms with Gasteiger partial charge in [0.05, 0.1) is 23.8 Å². The van der Waals surface area contributed by atoms with Gasteiger partial charge in [-0.05, 0) is 32.4 Å². The summed E-state index contributed by atoms with van der Waals surface area (Å²) in [4.78, 5) is 43.1. The van der Waals surface area contributed by atoms with Crippen LogP contribution in [-0.2, 0) is 15.7 Å². The topological polar surface area (TPSA) is 94.2 Å². The predicted octanol–water partition coefficient (Wildman–Crippen LogP) is 2.95. The second-order valence-electron chi connectivity index (χ2n) is 8.97. The Kier molecular flexibility index (Phi) is 8.49. The number of alkyl halides is 3. The highest BCUT2D eigenvalue weighted by atomic mass is 19.4. The molecule has 12 heteroatoms. The molecule has 1 aromatic carbocycles. The summed E-state index contributed by atoms with van der Waals surface area (Å²) in [5, 5.41) is 5.38. The van der Waals surface area contributed by atoms with Crippen molar-refractivity contribution in [1.82, 2.24) is 25.3 Å². The van der Waals surface area contributed by atoms with Crippen molar-refractivity contribution >= 4 is 18.0 Å². The van der Waals surface area contributed by atoms with Crippen LogP contribution in [0, 0.1) is 0 Å². The van der Waals surface area contributed by atoms with Crippen LogP contribution in [0.3, 0.4) is 0 Å². The van der Waals surface area contributed by atoms with Gasteiger partial charge >= 0.3 is 24.2 Å². The molecule has 4 amide bonds. The zero-order chi connectivity index (χ0) is 26.6. The fraction of sp³-hybridized carbons (Fsp3) is 0.542. The Morgan fingerprint density at radius 2 is 1.81 bits per heavy atom. The standard InChI is InChI=1S/C24H32F3N5O4/c1-5-36-21(33)19-18(14-31-10-12-32(13-11-31)23(35)28-15(2)3)30(4)22(34)29-20(19)16-8-6-7-9-17(16)24(25,26)27/h6-9,15,20H,5,10-14H2,1-4H3,(H,28,35)(H,29,34)/t20-/m0/s1. The number of nitrogens with zero attached hydrogens (tertiary/aromatic N) is 3. The average molecular weight is 512 g/mol. The van der Waals surface area contributed by atoms with E-state index in [2.05, 4.69) is 10.6 Å². The van der Waals surface area contributed by atoms with Crippen molar-refractivity contribution in [2.24, 2.45) is 0 Å². The van der Waals surface area contributed by atoms with E-state index in [4.69, 9.17) is 4.74 Å². The molecule has 2 heterocycles. The Morgan fingerprint density at radius 3 is 2.39 bits per heavy atom. The Balaban J connectivity index is 1.96. The summed E-state index contributed by atoms with van der Waals surface area (Å²) in [6, 6.07) is 2.72. The number of rotatable bonds is 6. The fourth-order valence-corrected chi connectivity index (χ4v) is 4.30. The molecule has 1 saturated heterocycles. The quantitative estimate of drug-likeness (QED) is 0.573. The Morgan fingerprint density at radius 1 is 1.17 bits per heavy atom. The molecule has 36 heavy (non-hydrogen) atoms. The van der Waals surface area contributed by atoms with Crippen molar-refractivity contribution in [1.29, 1.82) is 0 Å². The van der Waals surface area contributed by atoms with E-state index >= 15 is 0 Å². The number of carbonyl (C=O) groups excluding carboxylic acids is 3. The summed E-state index contributed by atoms with van der Waals surface area (Å²) in [5.74, 6) is -0.795. The zero-order valence-corrected chi connectivity index (χ0v) is 20.8. The van der Waals surface area contributed by atoms with Crippen LogP contribution in [0.5, 0.6) is 0 Å². The Labute approximate surface area is 208 Å². The van der Waals surface area contributed by atoms with Gasteiger partial charge in [0.2, 0.25) is 0 Å². The number of esters is 1. The second kappa shape index (κ2) is 11.2. The van der Waals surface area contributed by atoms with Gasteiger partial charge in [0.15, 0.2) is 0 Å². The first kappa shape index (κ1) is 27.3. The largest absolute Gasteiger partial charge is 0.463 e. The Bertz CT molecular complexity index is 1020. The third kappa shape index (κ3) is 6.10. The Hall–Kier alpha value is -3.28. The first-order valence-electron chi connectivity index (χ1n) is 11.8. The maximum atomic E-state index is 13.8. The van der Waals surface area contributed by atoms with Gasteiger partial charge < -0.3 is 20.3 Å². The van der Waals surface area contributed by atoms with Gasteiger partial charge in [-0.3, -0.25) is 9.80 Å². The van der Waals surface area contributed by atoms with E-state index in [1.807, 2.05) is 18.7 Å². The van der Waals surface area contributed by atoms with Crippen LogP contribution in [0.15, 0.2) is 35.5 Å². The molecule has 2 aliphatic heterocycles. The van der Waals surface area contributed by atoms with Gasteiger partial charge in [-0.15, -0.1) is 0 Å². The molecule has 0 aromatic heterocycles. The predicted molar refractivity (Wildman–Crippen MR) is 126 cm³/mol. The highest BCUT2D eigenvalue weighted by Gasteiger charge is 2.42. The maximum Gasteiger partial charge on any atom is 0.416 e.